The number of nitrogens with zero attached hydrogens (tertiary/aromatic N) is 1. The van der Waals surface area contributed by atoms with Crippen molar-refractivity contribution in [1.29, 1.82) is 0 Å². The molecule has 1 aromatic heterocycles. The van der Waals surface area contributed by atoms with E-state index in [0.717, 1.165) is 11.3 Å². The molecule has 0 atom stereocenters. The minimum absolute atomic E-state index is 0.0708. The first-order chi connectivity index (χ1) is 8.31. The SMILES string of the molecule is CCOC(=O)c1cnc(CC(=O)OC(C)(C)C)s1. The third-order valence-electron chi connectivity index (χ3n) is 1.75. The second kappa shape index (κ2) is 5.95. The van der Waals surface area contributed by atoms with Gasteiger partial charge in [0.05, 0.1) is 19.2 Å². The van der Waals surface area contributed by atoms with Gasteiger partial charge < -0.3 is 9.47 Å². The van der Waals surface area contributed by atoms with Crippen molar-refractivity contribution >= 4 is 23.3 Å². The van der Waals surface area contributed by atoms with Crippen LogP contribution in [0, 0.1) is 0 Å². The molecule has 6 heteroatoms. The zero-order valence-electron chi connectivity index (χ0n) is 11.0. The van der Waals surface area contributed by atoms with E-state index in [-0.39, 0.29) is 12.4 Å². The van der Waals surface area contributed by atoms with Gasteiger partial charge in [0.1, 0.15) is 15.5 Å². The molecule has 0 N–H and O–H groups in total. The standard InChI is InChI=1S/C12H17NO4S/c1-5-16-11(15)8-7-13-9(18-8)6-10(14)17-12(2,3)4/h7H,5-6H2,1-4H3. The summed E-state index contributed by atoms with van der Waals surface area (Å²) in [6.45, 7) is 7.46. The molecule has 0 aliphatic carbocycles. The second-order valence-corrected chi connectivity index (χ2v) is 5.72. The maximum absolute atomic E-state index is 11.6. The van der Waals surface area contributed by atoms with E-state index in [1.807, 2.05) is 0 Å². The topological polar surface area (TPSA) is 65.5 Å². The Bertz CT molecular complexity index is 434. The second-order valence-electron chi connectivity index (χ2n) is 4.60. The van der Waals surface area contributed by atoms with Crippen molar-refractivity contribution in [2.75, 3.05) is 6.61 Å². The molecule has 0 amide bonds. The van der Waals surface area contributed by atoms with Gasteiger partial charge in [-0.05, 0) is 27.7 Å². The quantitative estimate of drug-likeness (QED) is 0.785. The van der Waals surface area contributed by atoms with Gasteiger partial charge in [-0.1, -0.05) is 0 Å². The molecular weight excluding hydrogens is 254 g/mol. The molecule has 0 saturated heterocycles. The number of hydrogen-bond acceptors (Lipinski definition) is 6. The molecule has 0 aromatic carbocycles. The highest BCUT2D eigenvalue weighted by atomic mass is 32.1. The number of hydrogen-bond donors (Lipinski definition) is 0. The first-order valence-electron chi connectivity index (χ1n) is 5.65. The molecule has 0 spiro atoms. The number of carbonyl (C=O) groups is 2. The Morgan fingerprint density at radius 3 is 2.61 bits per heavy atom. The molecule has 0 fully saturated rings. The Morgan fingerprint density at radius 2 is 2.06 bits per heavy atom. The number of thiazole rings is 1. The summed E-state index contributed by atoms with van der Waals surface area (Å²) >= 11 is 1.15. The minimum Gasteiger partial charge on any atom is -0.462 e. The number of aromatic nitrogens is 1. The molecule has 0 aliphatic rings. The van der Waals surface area contributed by atoms with Gasteiger partial charge in [-0.15, -0.1) is 11.3 Å². The molecular formula is C12H17NO4S. The minimum atomic E-state index is -0.516. The largest absolute Gasteiger partial charge is 0.462 e. The molecule has 18 heavy (non-hydrogen) atoms. The number of esters is 2. The van der Waals surface area contributed by atoms with E-state index in [1.54, 1.807) is 27.7 Å². The maximum Gasteiger partial charge on any atom is 0.349 e. The molecule has 5 nitrogen and oxygen atoms in total. The summed E-state index contributed by atoms with van der Waals surface area (Å²) in [6, 6.07) is 0. The van der Waals surface area contributed by atoms with Crippen LogP contribution in [0.1, 0.15) is 42.4 Å². The Balaban J connectivity index is 2.59. The highest BCUT2D eigenvalue weighted by molar-refractivity contribution is 7.13. The lowest BCUT2D eigenvalue weighted by molar-refractivity contribution is -0.153. The Labute approximate surface area is 110 Å². The molecule has 0 radical (unpaired) electrons. The Hall–Kier alpha value is -1.43. The first-order valence-corrected chi connectivity index (χ1v) is 6.47. The molecule has 0 unspecified atom stereocenters. The van der Waals surface area contributed by atoms with E-state index in [9.17, 15) is 9.59 Å². The fourth-order valence-corrected chi connectivity index (χ4v) is 1.99. The van der Waals surface area contributed by atoms with Gasteiger partial charge in [0.15, 0.2) is 0 Å². The monoisotopic (exact) mass is 271 g/mol. The van der Waals surface area contributed by atoms with Gasteiger partial charge in [0.2, 0.25) is 0 Å². The van der Waals surface area contributed by atoms with Crippen molar-refractivity contribution in [1.82, 2.24) is 4.98 Å². The lowest BCUT2D eigenvalue weighted by atomic mass is 10.2. The summed E-state index contributed by atoms with van der Waals surface area (Å²) in [7, 11) is 0. The van der Waals surface area contributed by atoms with Gasteiger partial charge in [-0.2, -0.15) is 0 Å². The normalized spacial score (nSPS) is 11.1. The predicted octanol–water partition coefficient (Wildman–Crippen LogP) is 2.20. The Morgan fingerprint density at radius 1 is 1.39 bits per heavy atom. The lowest BCUT2D eigenvalue weighted by Crippen LogP contribution is -2.24. The van der Waals surface area contributed by atoms with Gasteiger partial charge in [-0.3, -0.25) is 4.79 Å². The smallest absolute Gasteiger partial charge is 0.349 e. The van der Waals surface area contributed by atoms with Crippen molar-refractivity contribution in [3.8, 4) is 0 Å². The van der Waals surface area contributed by atoms with Gasteiger partial charge in [-0.25, -0.2) is 9.78 Å². The third kappa shape index (κ3) is 4.83. The van der Waals surface area contributed by atoms with Crippen LogP contribution >= 0.6 is 11.3 Å². The van der Waals surface area contributed by atoms with Crippen molar-refractivity contribution in [3.05, 3.63) is 16.1 Å². The van der Waals surface area contributed by atoms with Crippen LogP contribution in [0.3, 0.4) is 0 Å². The van der Waals surface area contributed by atoms with E-state index in [1.165, 1.54) is 6.20 Å². The summed E-state index contributed by atoms with van der Waals surface area (Å²) in [5, 5.41) is 0.548. The summed E-state index contributed by atoms with van der Waals surface area (Å²) in [6.07, 6.45) is 1.49. The molecule has 100 valence electrons. The maximum atomic E-state index is 11.6. The van der Waals surface area contributed by atoms with Crippen LogP contribution in [0.5, 0.6) is 0 Å². The summed E-state index contributed by atoms with van der Waals surface area (Å²) in [4.78, 5) is 27.4. The van der Waals surface area contributed by atoms with Crippen LogP contribution < -0.4 is 0 Å². The highest BCUT2D eigenvalue weighted by Gasteiger charge is 2.19. The average molecular weight is 271 g/mol. The lowest BCUT2D eigenvalue weighted by Gasteiger charge is -2.18. The number of carbonyl (C=O) groups excluding carboxylic acids is 2. The van der Waals surface area contributed by atoms with Crippen molar-refractivity contribution in [2.45, 2.75) is 39.7 Å². The van der Waals surface area contributed by atoms with Gasteiger partial charge in [0.25, 0.3) is 0 Å². The van der Waals surface area contributed by atoms with Gasteiger partial charge in [0, 0.05) is 0 Å². The molecule has 0 saturated carbocycles. The van der Waals surface area contributed by atoms with Crippen LogP contribution in [0.15, 0.2) is 6.20 Å². The zero-order valence-corrected chi connectivity index (χ0v) is 11.8. The Kier molecular flexibility index (Phi) is 4.84. The van der Waals surface area contributed by atoms with Crippen LogP contribution in [-0.4, -0.2) is 29.1 Å². The van der Waals surface area contributed by atoms with E-state index >= 15 is 0 Å². The van der Waals surface area contributed by atoms with E-state index < -0.39 is 11.6 Å². The zero-order chi connectivity index (χ0) is 13.8. The predicted molar refractivity (Wildman–Crippen MR) is 67.6 cm³/mol. The van der Waals surface area contributed by atoms with Crippen LogP contribution in [0.4, 0.5) is 0 Å². The number of rotatable bonds is 4. The molecule has 0 bridgehead atoms. The van der Waals surface area contributed by atoms with Gasteiger partial charge >= 0.3 is 11.9 Å². The highest BCUT2D eigenvalue weighted by Crippen LogP contribution is 2.16. The van der Waals surface area contributed by atoms with E-state index in [0.29, 0.717) is 16.5 Å². The first kappa shape index (κ1) is 14.6. The van der Waals surface area contributed by atoms with Crippen molar-refractivity contribution in [3.63, 3.8) is 0 Å². The van der Waals surface area contributed by atoms with Crippen molar-refractivity contribution in [2.24, 2.45) is 0 Å². The molecule has 1 rings (SSSR count). The number of ether oxygens (including phenoxy) is 2. The third-order valence-corrected chi connectivity index (χ3v) is 2.72. The fourth-order valence-electron chi connectivity index (χ4n) is 1.19. The van der Waals surface area contributed by atoms with E-state index in [2.05, 4.69) is 4.98 Å². The van der Waals surface area contributed by atoms with Crippen LogP contribution in [-0.2, 0) is 20.7 Å². The van der Waals surface area contributed by atoms with Crippen LogP contribution in [0.25, 0.3) is 0 Å². The van der Waals surface area contributed by atoms with Crippen LogP contribution in [0.2, 0.25) is 0 Å². The summed E-state index contributed by atoms with van der Waals surface area (Å²) < 4.78 is 10.0. The molecule has 1 aromatic rings. The summed E-state index contributed by atoms with van der Waals surface area (Å²) in [5.74, 6) is -0.766. The average Bonchev–Trinajstić information content (AvgIpc) is 2.63. The fraction of sp³-hybridized carbons (Fsp3) is 0.583. The summed E-state index contributed by atoms with van der Waals surface area (Å²) in [5.41, 5.74) is -0.516. The van der Waals surface area contributed by atoms with E-state index in [4.69, 9.17) is 9.47 Å². The molecule has 1 heterocycles. The molecule has 0 aliphatic heterocycles. The van der Waals surface area contributed by atoms with Crippen molar-refractivity contribution < 1.29 is 19.1 Å².